The van der Waals surface area contributed by atoms with E-state index in [1.165, 1.54) is 27.1 Å². The van der Waals surface area contributed by atoms with Crippen molar-refractivity contribution in [1.29, 1.82) is 0 Å². The second-order valence-electron chi connectivity index (χ2n) is 17.4. The van der Waals surface area contributed by atoms with E-state index in [0.717, 1.165) is 73.4 Å². The van der Waals surface area contributed by atoms with Crippen molar-refractivity contribution in [3.63, 3.8) is 0 Å². The molecule has 0 aliphatic carbocycles. The Bertz CT molecular complexity index is 2980. The molecule has 9 rings (SSSR count). The van der Waals surface area contributed by atoms with Gasteiger partial charge in [-0.15, -0.1) is 0 Å². The summed E-state index contributed by atoms with van der Waals surface area (Å²) < 4.78 is 4.64. The van der Waals surface area contributed by atoms with E-state index in [4.69, 9.17) is 9.97 Å². The number of aromatic nitrogens is 4. The third kappa shape index (κ3) is 6.42. The predicted octanol–water partition coefficient (Wildman–Crippen LogP) is 12.9. The van der Waals surface area contributed by atoms with E-state index in [1.807, 2.05) is 18.2 Å². The van der Waals surface area contributed by atoms with Gasteiger partial charge in [-0.1, -0.05) is 112 Å². The van der Waals surface area contributed by atoms with Crippen LogP contribution in [-0.2, 0) is 6.42 Å². The summed E-state index contributed by atoms with van der Waals surface area (Å²) in [4.78, 5) is 10.7. The predicted molar refractivity (Wildman–Crippen MR) is 247 cm³/mol. The maximum absolute atomic E-state index is 11.3. The second-order valence-corrected chi connectivity index (χ2v) is 22.5. The molecule has 0 unspecified atom stereocenters. The molecule has 6 heteroatoms. The Balaban J connectivity index is 1.36. The third-order valence-electron chi connectivity index (χ3n) is 11.5. The van der Waals surface area contributed by atoms with Crippen LogP contribution < -0.4 is 5.19 Å². The normalized spacial score (nSPS) is 12.1. The van der Waals surface area contributed by atoms with Gasteiger partial charge in [-0.2, -0.15) is 0 Å². The third-order valence-corrected chi connectivity index (χ3v) is 13.5. The first-order valence-electron chi connectivity index (χ1n) is 20.4. The maximum atomic E-state index is 11.3. The van der Waals surface area contributed by atoms with Crippen LogP contribution >= 0.6 is 0 Å². The van der Waals surface area contributed by atoms with Crippen LogP contribution in [0.15, 0.2) is 134 Å². The standard InChI is InChI=1S/C52H50N4OSi/c1-32(2)24-38-30-44(53-31-49(38)58(6,7)8)37-27-36(28-39(29-37)55-45-20-12-9-16-41(45)42-17-10-13-21-46(42)55)40-19-15-22-47-50(40)54-52(43-18-11-14-23-48(43)57)56(47)51-34(4)25-33(3)26-35(51)5/h9-23,25-32,57H,24H2,1-8H3. The Kier molecular flexibility index (Phi) is 9.20. The minimum Gasteiger partial charge on any atom is -0.507 e. The van der Waals surface area contributed by atoms with Crippen molar-refractivity contribution in [2.45, 2.75) is 60.7 Å². The van der Waals surface area contributed by atoms with Crippen LogP contribution in [0.5, 0.6) is 5.75 Å². The summed E-state index contributed by atoms with van der Waals surface area (Å²) in [6, 6.07) is 45.1. The summed E-state index contributed by atoms with van der Waals surface area (Å²) in [6.07, 6.45) is 3.18. The molecule has 5 nitrogen and oxygen atoms in total. The summed E-state index contributed by atoms with van der Waals surface area (Å²) in [5.41, 5.74) is 16.0. The quantitative estimate of drug-likeness (QED) is 0.156. The van der Waals surface area contributed by atoms with Crippen molar-refractivity contribution in [3.05, 3.63) is 156 Å². The van der Waals surface area contributed by atoms with Gasteiger partial charge in [0.25, 0.3) is 0 Å². The highest BCUT2D eigenvalue weighted by Crippen LogP contribution is 2.41. The number of imidazole rings is 1. The minimum atomic E-state index is -1.65. The molecule has 0 fully saturated rings. The molecule has 0 amide bonds. The lowest BCUT2D eigenvalue weighted by molar-refractivity contribution is 0.477. The van der Waals surface area contributed by atoms with Gasteiger partial charge in [-0.25, -0.2) is 4.98 Å². The first kappa shape index (κ1) is 37.3. The average Bonchev–Trinajstić information content (AvgIpc) is 3.73. The lowest BCUT2D eigenvalue weighted by atomic mass is 9.97. The molecular formula is C52H50N4OSi. The first-order valence-corrected chi connectivity index (χ1v) is 23.9. The van der Waals surface area contributed by atoms with Gasteiger partial charge < -0.3 is 9.67 Å². The van der Waals surface area contributed by atoms with Gasteiger partial charge in [0, 0.05) is 33.8 Å². The molecule has 6 aromatic carbocycles. The van der Waals surface area contributed by atoms with Crippen molar-refractivity contribution in [2.75, 3.05) is 0 Å². The van der Waals surface area contributed by atoms with E-state index in [-0.39, 0.29) is 5.75 Å². The van der Waals surface area contributed by atoms with Crippen molar-refractivity contribution in [2.24, 2.45) is 5.92 Å². The second kappa shape index (κ2) is 14.3. The summed E-state index contributed by atoms with van der Waals surface area (Å²) in [6.45, 7) is 18.3. The molecular weight excluding hydrogens is 725 g/mol. The monoisotopic (exact) mass is 774 g/mol. The average molecular weight is 775 g/mol. The van der Waals surface area contributed by atoms with Crippen LogP contribution in [0, 0.1) is 26.7 Å². The summed E-state index contributed by atoms with van der Waals surface area (Å²) in [5, 5.41) is 15.2. The molecule has 0 aliphatic heterocycles. The number of rotatable bonds is 8. The van der Waals surface area contributed by atoms with Gasteiger partial charge in [0.1, 0.15) is 11.6 Å². The fourth-order valence-electron chi connectivity index (χ4n) is 9.11. The molecule has 3 aromatic heterocycles. The number of para-hydroxylation sites is 4. The van der Waals surface area contributed by atoms with Crippen LogP contribution in [-0.4, -0.2) is 32.3 Å². The highest BCUT2D eigenvalue weighted by molar-refractivity contribution is 6.89. The molecule has 1 N–H and O–H groups in total. The van der Waals surface area contributed by atoms with E-state index in [9.17, 15) is 5.11 Å². The first-order chi connectivity index (χ1) is 27.9. The van der Waals surface area contributed by atoms with Crippen molar-refractivity contribution < 1.29 is 5.11 Å². The number of aryl methyl sites for hydroxylation is 3. The van der Waals surface area contributed by atoms with Gasteiger partial charge in [-0.05, 0) is 115 Å². The number of phenols is 1. The van der Waals surface area contributed by atoms with Gasteiger partial charge >= 0.3 is 0 Å². The van der Waals surface area contributed by atoms with E-state index in [0.29, 0.717) is 17.3 Å². The molecule has 0 spiro atoms. The van der Waals surface area contributed by atoms with Crippen molar-refractivity contribution in [1.82, 2.24) is 19.1 Å². The van der Waals surface area contributed by atoms with Crippen LogP contribution in [0.1, 0.15) is 36.1 Å². The Labute approximate surface area is 342 Å². The maximum Gasteiger partial charge on any atom is 0.149 e. The van der Waals surface area contributed by atoms with Crippen LogP contribution in [0.25, 0.3) is 78.0 Å². The Morgan fingerprint density at radius 3 is 1.90 bits per heavy atom. The number of aromatic hydroxyl groups is 1. The zero-order valence-electron chi connectivity index (χ0n) is 34.7. The molecule has 0 saturated heterocycles. The van der Waals surface area contributed by atoms with E-state index in [1.54, 1.807) is 6.07 Å². The summed E-state index contributed by atoms with van der Waals surface area (Å²) in [5.74, 6) is 1.43. The summed E-state index contributed by atoms with van der Waals surface area (Å²) in [7, 11) is -1.65. The number of fused-ring (bicyclic) bond motifs is 4. The molecule has 0 aliphatic rings. The van der Waals surface area contributed by atoms with Crippen LogP contribution in [0.2, 0.25) is 19.6 Å². The highest BCUT2D eigenvalue weighted by Gasteiger charge is 2.25. The lowest BCUT2D eigenvalue weighted by Gasteiger charge is -2.22. The van der Waals surface area contributed by atoms with Crippen LogP contribution in [0.4, 0.5) is 0 Å². The molecule has 0 radical (unpaired) electrons. The van der Waals surface area contributed by atoms with Crippen molar-refractivity contribution >= 4 is 46.1 Å². The molecule has 3 heterocycles. The zero-order chi connectivity index (χ0) is 40.5. The smallest absolute Gasteiger partial charge is 0.149 e. The highest BCUT2D eigenvalue weighted by atomic mass is 28.3. The number of phenolic OH excluding ortho intramolecular Hbond substituents is 1. The van der Waals surface area contributed by atoms with E-state index < -0.39 is 8.07 Å². The van der Waals surface area contributed by atoms with Gasteiger partial charge in [-0.3, -0.25) is 9.55 Å². The van der Waals surface area contributed by atoms with E-state index in [2.05, 4.69) is 173 Å². The molecule has 0 bridgehead atoms. The van der Waals surface area contributed by atoms with Crippen LogP contribution in [0.3, 0.4) is 0 Å². The van der Waals surface area contributed by atoms with Gasteiger partial charge in [0.05, 0.1) is 47.1 Å². The fourth-order valence-corrected chi connectivity index (χ4v) is 10.7. The molecule has 9 aromatic rings. The van der Waals surface area contributed by atoms with E-state index >= 15 is 0 Å². The minimum absolute atomic E-state index is 0.198. The Morgan fingerprint density at radius 1 is 0.638 bits per heavy atom. The largest absolute Gasteiger partial charge is 0.507 e. The number of hydrogen-bond donors (Lipinski definition) is 1. The number of nitrogens with zero attached hydrogens (tertiary/aromatic N) is 4. The molecule has 58 heavy (non-hydrogen) atoms. The number of benzene rings is 6. The Hall–Kier alpha value is -6.24. The van der Waals surface area contributed by atoms with Crippen molar-refractivity contribution in [3.8, 4) is 50.9 Å². The molecule has 0 atom stereocenters. The molecule has 0 saturated carbocycles. The Morgan fingerprint density at radius 2 is 1.24 bits per heavy atom. The number of pyridine rings is 1. The van der Waals surface area contributed by atoms with Gasteiger partial charge in [0.15, 0.2) is 0 Å². The topological polar surface area (TPSA) is 55.9 Å². The SMILES string of the molecule is Cc1cc(C)c(-n2c(-c3ccccc3O)nc3c(-c4cc(-c5cc(CC(C)C)c([Si](C)(C)C)cn5)cc(-n5c6ccccc6c6ccccc65)c4)cccc32)c(C)c1. The lowest BCUT2D eigenvalue weighted by Crippen LogP contribution is -2.40. The number of hydrogen-bond acceptors (Lipinski definition) is 3. The molecule has 288 valence electrons. The zero-order valence-corrected chi connectivity index (χ0v) is 35.7. The fraction of sp³-hybridized carbons (Fsp3) is 0.192. The van der Waals surface area contributed by atoms with Gasteiger partial charge in [0.2, 0.25) is 0 Å². The summed E-state index contributed by atoms with van der Waals surface area (Å²) >= 11 is 0.